The van der Waals surface area contributed by atoms with Gasteiger partial charge >= 0.3 is 0 Å². The highest BCUT2D eigenvalue weighted by molar-refractivity contribution is 5.85. The summed E-state index contributed by atoms with van der Waals surface area (Å²) in [5, 5.41) is 2.72. The number of benzene rings is 1. The molecule has 1 aliphatic rings. The van der Waals surface area contributed by atoms with Crippen LogP contribution in [-0.2, 0) is 4.79 Å². The molecule has 1 aromatic heterocycles. The predicted molar refractivity (Wildman–Crippen MR) is 106 cm³/mol. The Hall–Kier alpha value is -2.31. The molecule has 6 nitrogen and oxygen atoms in total. The summed E-state index contributed by atoms with van der Waals surface area (Å²) in [5.74, 6) is 0.846. The lowest BCUT2D eigenvalue weighted by Gasteiger charge is -2.36. The van der Waals surface area contributed by atoms with Crippen LogP contribution in [0.25, 0.3) is 11.3 Å². The molecule has 1 aliphatic heterocycles. The van der Waals surface area contributed by atoms with Gasteiger partial charge in [-0.05, 0) is 36.4 Å². The predicted octanol–water partition coefficient (Wildman–Crippen LogP) is 2.05. The molecule has 140 valence electrons. The molecule has 0 saturated carbocycles. The number of aromatic nitrogens is 1. The van der Waals surface area contributed by atoms with E-state index in [1.54, 1.807) is 7.11 Å². The number of amides is 1. The van der Waals surface area contributed by atoms with E-state index in [1.807, 2.05) is 36.5 Å². The van der Waals surface area contributed by atoms with Crippen LogP contribution >= 0.6 is 12.4 Å². The number of nitrogens with one attached hydrogen (secondary N) is 1. The Kier molecular flexibility index (Phi) is 7.69. The minimum Gasteiger partial charge on any atom is -0.497 e. The molecule has 2 heterocycles. The number of pyridine rings is 1. The van der Waals surface area contributed by atoms with Crippen LogP contribution in [0.15, 0.2) is 42.6 Å². The normalized spacial score (nSPS) is 14.4. The molecule has 1 fully saturated rings. The third kappa shape index (κ3) is 4.86. The van der Waals surface area contributed by atoms with E-state index < -0.39 is 0 Å². The first-order valence-corrected chi connectivity index (χ1v) is 8.55. The highest BCUT2D eigenvalue weighted by Crippen LogP contribution is 2.30. The Morgan fingerprint density at radius 1 is 1.15 bits per heavy atom. The van der Waals surface area contributed by atoms with Crippen LogP contribution in [0.3, 0.4) is 0 Å². The van der Waals surface area contributed by atoms with Crippen LogP contribution in [0, 0.1) is 0 Å². The van der Waals surface area contributed by atoms with Gasteiger partial charge in [0.15, 0.2) is 0 Å². The zero-order valence-corrected chi connectivity index (χ0v) is 15.7. The number of carbonyl (C=O) groups excluding carboxylic acids is 1. The van der Waals surface area contributed by atoms with Crippen molar-refractivity contribution in [1.82, 2.24) is 15.2 Å². The third-order valence-corrected chi connectivity index (χ3v) is 4.52. The number of nitrogens with zero attached hydrogens (tertiary/aromatic N) is 3. The molecule has 0 spiro atoms. The monoisotopic (exact) mass is 376 g/mol. The number of halogens is 1. The van der Waals surface area contributed by atoms with Crippen molar-refractivity contribution in [3.05, 3.63) is 42.6 Å². The number of piperazine rings is 1. The van der Waals surface area contributed by atoms with E-state index in [9.17, 15) is 4.79 Å². The van der Waals surface area contributed by atoms with Gasteiger partial charge in [-0.25, -0.2) is 0 Å². The van der Waals surface area contributed by atoms with Gasteiger partial charge in [0.25, 0.3) is 0 Å². The van der Waals surface area contributed by atoms with Gasteiger partial charge in [0.1, 0.15) is 5.75 Å². The van der Waals surface area contributed by atoms with Gasteiger partial charge in [0, 0.05) is 51.0 Å². The van der Waals surface area contributed by atoms with Crippen LogP contribution in [0.4, 0.5) is 5.69 Å². The van der Waals surface area contributed by atoms with Crippen LogP contribution in [0.2, 0.25) is 0 Å². The maximum atomic E-state index is 10.3. The van der Waals surface area contributed by atoms with E-state index >= 15 is 0 Å². The Morgan fingerprint density at radius 2 is 1.88 bits per heavy atom. The summed E-state index contributed by atoms with van der Waals surface area (Å²) in [5.41, 5.74) is 3.26. The van der Waals surface area contributed by atoms with Gasteiger partial charge in [-0.3, -0.25) is 14.7 Å². The van der Waals surface area contributed by atoms with Gasteiger partial charge in [0.05, 0.1) is 18.5 Å². The van der Waals surface area contributed by atoms with E-state index in [2.05, 4.69) is 26.2 Å². The summed E-state index contributed by atoms with van der Waals surface area (Å²) in [7, 11) is 1.67. The Labute approximate surface area is 160 Å². The molecule has 1 amide bonds. The van der Waals surface area contributed by atoms with Crippen molar-refractivity contribution >= 4 is 24.5 Å². The standard InChI is InChI=1S/C19H24N4O2.ClH/c1-25-17-6-4-16(5-7-17)19-18(3-2-8-21-19)23-13-11-22(12-14-23)10-9-20-15-24;/h2-8,15H,9-14H2,1H3,(H,20,24);1H. The Bertz CT molecular complexity index is 688. The van der Waals surface area contributed by atoms with Gasteiger partial charge in [-0.2, -0.15) is 0 Å². The number of anilines is 1. The average molecular weight is 377 g/mol. The summed E-state index contributed by atoms with van der Waals surface area (Å²) in [6.45, 7) is 5.47. The van der Waals surface area contributed by atoms with Crippen molar-refractivity contribution in [1.29, 1.82) is 0 Å². The highest BCUT2D eigenvalue weighted by atomic mass is 35.5. The molecule has 7 heteroatoms. The summed E-state index contributed by atoms with van der Waals surface area (Å²) in [6.07, 6.45) is 2.59. The lowest BCUT2D eigenvalue weighted by atomic mass is 10.1. The number of methoxy groups -OCH3 is 1. The van der Waals surface area contributed by atoms with Crippen molar-refractivity contribution in [3.8, 4) is 17.0 Å². The highest BCUT2D eigenvalue weighted by Gasteiger charge is 2.19. The Balaban J connectivity index is 0.00000243. The van der Waals surface area contributed by atoms with Crippen molar-refractivity contribution in [2.75, 3.05) is 51.3 Å². The van der Waals surface area contributed by atoms with Gasteiger partial charge < -0.3 is 15.0 Å². The lowest BCUT2D eigenvalue weighted by molar-refractivity contribution is -0.109. The van der Waals surface area contributed by atoms with Crippen molar-refractivity contribution < 1.29 is 9.53 Å². The summed E-state index contributed by atoms with van der Waals surface area (Å²) in [6, 6.07) is 12.1. The minimum atomic E-state index is 0. The van der Waals surface area contributed by atoms with E-state index in [0.29, 0.717) is 6.54 Å². The zero-order chi connectivity index (χ0) is 17.5. The SMILES string of the molecule is COc1ccc(-c2ncccc2N2CCN(CCNC=O)CC2)cc1.Cl. The first-order chi connectivity index (χ1) is 12.3. The molecule has 3 rings (SSSR count). The lowest BCUT2D eigenvalue weighted by Crippen LogP contribution is -2.48. The molecule has 1 saturated heterocycles. The molecule has 1 aromatic carbocycles. The van der Waals surface area contributed by atoms with Crippen LogP contribution in [0.5, 0.6) is 5.75 Å². The fraction of sp³-hybridized carbons (Fsp3) is 0.368. The molecule has 0 aliphatic carbocycles. The van der Waals surface area contributed by atoms with Gasteiger partial charge in [0.2, 0.25) is 6.41 Å². The van der Waals surface area contributed by atoms with E-state index in [1.165, 1.54) is 5.69 Å². The summed E-state index contributed by atoms with van der Waals surface area (Å²) >= 11 is 0. The topological polar surface area (TPSA) is 57.7 Å². The number of carbonyl (C=O) groups is 1. The van der Waals surface area contributed by atoms with Gasteiger partial charge in [-0.15, -0.1) is 12.4 Å². The molecule has 0 unspecified atom stereocenters. The third-order valence-electron chi connectivity index (χ3n) is 4.52. The minimum absolute atomic E-state index is 0. The second-order valence-corrected chi connectivity index (χ2v) is 6.00. The van der Waals surface area contributed by atoms with E-state index in [0.717, 1.165) is 56.1 Å². The first kappa shape index (κ1) is 20.0. The molecule has 26 heavy (non-hydrogen) atoms. The molecule has 2 aromatic rings. The van der Waals surface area contributed by atoms with Crippen LogP contribution < -0.4 is 15.0 Å². The molecule has 0 bridgehead atoms. The molecule has 0 atom stereocenters. The second kappa shape index (κ2) is 9.99. The fourth-order valence-electron chi connectivity index (χ4n) is 3.12. The Morgan fingerprint density at radius 3 is 2.54 bits per heavy atom. The zero-order valence-electron chi connectivity index (χ0n) is 14.9. The van der Waals surface area contributed by atoms with Crippen molar-refractivity contribution in [2.24, 2.45) is 0 Å². The van der Waals surface area contributed by atoms with Crippen LogP contribution in [0.1, 0.15) is 0 Å². The molecular weight excluding hydrogens is 352 g/mol. The van der Waals surface area contributed by atoms with Crippen molar-refractivity contribution in [2.45, 2.75) is 0 Å². The molecule has 0 radical (unpaired) electrons. The number of ether oxygens (including phenoxy) is 1. The second-order valence-electron chi connectivity index (χ2n) is 6.00. The van der Waals surface area contributed by atoms with Gasteiger partial charge in [-0.1, -0.05) is 0 Å². The fourth-order valence-corrected chi connectivity index (χ4v) is 3.12. The van der Waals surface area contributed by atoms with Crippen molar-refractivity contribution in [3.63, 3.8) is 0 Å². The summed E-state index contributed by atoms with van der Waals surface area (Å²) in [4.78, 5) is 19.7. The number of hydrogen-bond acceptors (Lipinski definition) is 5. The smallest absolute Gasteiger partial charge is 0.207 e. The molecular formula is C19H25ClN4O2. The summed E-state index contributed by atoms with van der Waals surface area (Å²) < 4.78 is 5.24. The average Bonchev–Trinajstić information content (AvgIpc) is 2.69. The largest absolute Gasteiger partial charge is 0.497 e. The first-order valence-electron chi connectivity index (χ1n) is 8.55. The quantitative estimate of drug-likeness (QED) is 0.592. The van der Waals surface area contributed by atoms with Crippen LogP contribution in [-0.4, -0.2) is 62.7 Å². The maximum Gasteiger partial charge on any atom is 0.207 e. The molecule has 1 N–H and O–H groups in total. The maximum absolute atomic E-state index is 10.3. The number of hydrogen-bond donors (Lipinski definition) is 1. The van der Waals surface area contributed by atoms with E-state index in [4.69, 9.17) is 4.74 Å². The van der Waals surface area contributed by atoms with E-state index in [-0.39, 0.29) is 12.4 Å². The number of rotatable bonds is 7.